The Labute approximate surface area is 106 Å². The van der Waals surface area contributed by atoms with Gasteiger partial charge in [-0.25, -0.2) is 4.79 Å². The SMILES string of the molecule is NCCc1ccccc1OC(=O)c1ccccc1. The molecule has 0 aliphatic carbocycles. The van der Waals surface area contributed by atoms with Crippen LogP contribution in [0.25, 0.3) is 0 Å². The Kier molecular flexibility index (Phi) is 4.10. The molecule has 0 fully saturated rings. The van der Waals surface area contributed by atoms with Gasteiger partial charge in [0.05, 0.1) is 5.56 Å². The molecule has 0 aliphatic rings. The molecule has 3 nitrogen and oxygen atoms in total. The first kappa shape index (κ1) is 12.3. The maximum absolute atomic E-state index is 11.9. The fourth-order valence-electron chi connectivity index (χ4n) is 1.70. The van der Waals surface area contributed by atoms with Gasteiger partial charge < -0.3 is 10.5 Å². The molecule has 0 amide bonds. The third-order valence-electron chi connectivity index (χ3n) is 2.60. The lowest BCUT2D eigenvalue weighted by Gasteiger charge is -2.09. The summed E-state index contributed by atoms with van der Waals surface area (Å²) in [5.74, 6) is 0.233. The van der Waals surface area contributed by atoms with Gasteiger partial charge in [0.2, 0.25) is 0 Å². The molecule has 2 N–H and O–H groups in total. The molecule has 0 heterocycles. The van der Waals surface area contributed by atoms with Crippen molar-refractivity contribution in [1.29, 1.82) is 0 Å². The molecule has 0 aromatic heterocycles. The van der Waals surface area contributed by atoms with Crippen LogP contribution in [0.3, 0.4) is 0 Å². The fraction of sp³-hybridized carbons (Fsp3) is 0.133. The predicted molar refractivity (Wildman–Crippen MR) is 70.6 cm³/mol. The maximum atomic E-state index is 11.9. The monoisotopic (exact) mass is 241 g/mol. The summed E-state index contributed by atoms with van der Waals surface area (Å²) in [6.45, 7) is 0.528. The van der Waals surface area contributed by atoms with Crippen molar-refractivity contribution < 1.29 is 9.53 Å². The summed E-state index contributed by atoms with van der Waals surface area (Å²) in [6, 6.07) is 16.4. The van der Waals surface area contributed by atoms with Crippen LogP contribution in [0.4, 0.5) is 0 Å². The number of rotatable bonds is 4. The van der Waals surface area contributed by atoms with Crippen molar-refractivity contribution >= 4 is 5.97 Å². The number of hydrogen-bond acceptors (Lipinski definition) is 3. The molecule has 0 bridgehead atoms. The molecule has 0 unspecified atom stereocenters. The molecule has 0 saturated heterocycles. The highest BCUT2D eigenvalue weighted by molar-refractivity contribution is 5.91. The van der Waals surface area contributed by atoms with E-state index in [1.165, 1.54) is 0 Å². The van der Waals surface area contributed by atoms with Crippen molar-refractivity contribution in [2.75, 3.05) is 6.54 Å². The van der Waals surface area contributed by atoms with Gasteiger partial charge in [0.25, 0.3) is 0 Å². The number of benzene rings is 2. The average Bonchev–Trinajstić information content (AvgIpc) is 2.42. The third-order valence-corrected chi connectivity index (χ3v) is 2.60. The zero-order valence-corrected chi connectivity index (χ0v) is 10.0. The van der Waals surface area contributed by atoms with Crippen LogP contribution in [0, 0.1) is 0 Å². The first-order valence-electron chi connectivity index (χ1n) is 5.86. The fourth-order valence-corrected chi connectivity index (χ4v) is 1.70. The van der Waals surface area contributed by atoms with E-state index < -0.39 is 0 Å². The Morgan fingerprint density at radius 2 is 1.67 bits per heavy atom. The minimum Gasteiger partial charge on any atom is -0.423 e. The summed E-state index contributed by atoms with van der Waals surface area (Å²) < 4.78 is 5.39. The summed E-state index contributed by atoms with van der Waals surface area (Å²) in [6.07, 6.45) is 0.693. The van der Waals surface area contributed by atoms with Crippen molar-refractivity contribution in [1.82, 2.24) is 0 Å². The van der Waals surface area contributed by atoms with Gasteiger partial charge in [-0.3, -0.25) is 0 Å². The third kappa shape index (κ3) is 2.96. The Bertz CT molecular complexity index is 523. The molecular weight excluding hydrogens is 226 g/mol. The molecule has 2 aromatic carbocycles. The quantitative estimate of drug-likeness (QED) is 0.660. The molecule has 0 aliphatic heterocycles. The summed E-state index contributed by atoms with van der Waals surface area (Å²) in [7, 11) is 0. The minimum atomic E-state index is -0.347. The van der Waals surface area contributed by atoms with Crippen molar-refractivity contribution in [3.8, 4) is 5.75 Å². The Hall–Kier alpha value is -2.13. The van der Waals surface area contributed by atoms with Crippen LogP contribution in [-0.4, -0.2) is 12.5 Å². The highest BCUT2D eigenvalue weighted by Crippen LogP contribution is 2.19. The molecule has 18 heavy (non-hydrogen) atoms. The van der Waals surface area contributed by atoms with Gasteiger partial charge in [-0.15, -0.1) is 0 Å². The lowest BCUT2D eigenvalue weighted by molar-refractivity contribution is 0.0733. The van der Waals surface area contributed by atoms with Crippen molar-refractivity contribution in [2.24, 2.45) is 5.73 Å². The number of carbonyl (C=O) groups excluding carboxylic acids is 1. The second kappa shape index (κ2) is 5.98. The molecule has 3 heteroatoms. The number of nitrogens with two attached hydrogens (primary N) is 1. The molecule has 2 aromatic rings. The standard InChI is InChI=1S/C15H15NO2/c16-11-10-12-6-4-5-9-14(12)18-15(17)13-7-2-1-3-8-13/h1-9H,10-11,16H2. The normalized spacial score (nSPS) is 10.1. The van der Waals surface area contributed by atoms with Crippen molar-refractivity contribution in [2.45, 2.75) is 6.42 Å². The van der Waals surface area contributed by atoms with Crippen LogP contribution < -0.4 is 10.5 Å². The van der Waals surface area contributed by atoms with Gasteiger partial charge in [0.15, 0.2) is 0 Å². The lowest BCUT2D eigenvalue weighted by atomic mass is 10.1. The van der Waals surface area contributed by atoms with E-state index in [9.17, 15) is 4.79 Å². The number of hydrogen-bond donors (Lipinski definition) is 1. The second-order valence-corrected chi connectivity index (χ2v) is 3.90. The molecule has 92 valence electrons. The van der Waals surface area contributed by atoms with Crippen molar-refractivity contribution in [3.05, 3.63) is 65.7 Å². The molecule has 2 rings (SSSR count). The van der Waals surface area contributed by atoms with Gasteiger partial charge in [0.1, 0.15) is 5.75 Å². The van der Waals surface area contributed by atoms with Gasteiger partial charge in [-0.2, -0.15) is 0 Å². The van der Waals surface area contributed by atoms with E-state index in [1.807, 2.05) is 36.4 Å². The summed E-state index contributed by atoms with van der Waals surface area (Å²) in [5.41, 5.74) is 7.02. The summed E-state index contributed by atoms with van der Waals surface area (Å²) in [4.78, 5) is 11.9. The second-order valence-electron chi connectivity index (χ2n) is 3.90. The molecular formula is C15H15NO2. The number of esters is 1. The smallest absolute Gasteiger partial charge is 0.343 e. The van der Waals surface area contributed by atoms with Crippen LogP contribution in [0.5, 0.6) is 5.75 Å². The zero-order chi connectivity index (χ0) is 12.8. The van der Waals surface area contributed by atoms with Gasteiger partial charge in [-0.1, -0.05) is 36.4 Å². The van der Waals surface area contributed by atoms with E-state index in [2.05, 4.69) is 0 Å². The van der Waals surface area contributed by atoms with Crippen LogP contribution in [-0.2, 0) is 6.42 Å². The molecule has 0 radical (unpaired) electrons. The predicted octanol–water partition coefficient (Wildman–Crippen LogP) is 2.41. The summed E-state index contributed by atoms with van der Waals surface area (Å²) in [5, 5.41) is 0. The molecule has 0 saturated carbocycles. The van der Waals surface area contributed by atoms with E-state index in [0.29, 0.717) is 24.3 Å². The lowest BCUT2D eigenvalue weighted by Crippen LogP contribution is -2.11. The first-order valence-corrected chi connectivity index (χ1v) is 5.86. The van der Waals surface area contributed by atoms with E-state index in [-0.39, 0.29) is 5.97 Å². The molecule has 0 spiro atoms. The Morgan fingerprint density at radius 3 is 2.39 bits per heavy atom. The van der Waals surface area contributed by atoms with E-state index in [0.717, 1.165) is 5.56 Å². The van der Waals surface area contributed by atoms with Crippen molar-refractivity contribution in [3.63, 3.8) is 0 Å². The van der Waals surface area contributed by atoms with Crippen LogP contribution >= 0.6 is 0 Å². The van der Waals surface area contributed by atoms with Gasteiger partial charge >= 0.3 is 5.97 Å². The Balaban J connectivity index is 2.17. The van der Waals surface area contributed by atoms with E-state index in [1.54, 1.807) is 18.2 Å². The first-order chi connectivity index (χ1) is 8.81. The van der Waals surface area contributed by atoms with Crippen LogP contribution in [0.2, 0.25) is 0 Å². The van der Waals surface area contributed by atoms with Gasteiger partial charge in [-0.05, 0) is 36.7 Å². The van der Waals surface area contributed by atoms with Crippen LogP contribution in [0.1, 0.15) is 15.9 Å². The van der Waals surface area contributed by atoms with Gasteiger partial charge in [0, 0.05) is 0 Å². The largest absolute Gasteiger partial charge is 0.423 e. The molecule has 0 atom stereocenters. The summed E-state index contributed by atoms with van der Waals surface area (Å²) >= 11 is 0. The minimum absolute atomic E-state index is 0.347. The number of ether oxygens (including phenoxy) is 1. The zero-order valence-electron chi connectivity index (χ0n) is 10.0. The highest BCUT2D eigenvalue weighted by Gasteiger charge is 2.10. The topological polar surface area (TPSA) is 52.3 Å². The number of para-hydroxylation sites is 1. The van der Waals surface area contributed by atoms with E-state index in [4.69, 9.17) is 10.5 Å². The highest BCUT2D eigenvalue weighted by atomic mass is 16.5. The average molecular weight is 241 g/mol. The number of carbonyl (C=O) groups is 1. The van der Waals surface area contributed by atoms with E-state index >= 15 is 0 Å². The maximum Gasteiger partial charge on any atom is 0.343 e. The van der Waals surface area contributed by atoms with Crippen LogP contribution in [0.15, 0.2) is 54.6 Å². The Morgan fingerprint density at radius 1 is 1.00 bits per heavy atom.